The fraction of sp³-hybridized carbons (Fsp3) is 0.200. The first-order valence-electron chi connectivity index (χ1n) is 4.61. The second-order valence-corrected chi connectivity index (χ2v) is 3.44. The van der Waals surface area contributed by atoms with Crippen LogP contribution in [0, 0.1) is 0 Å². The van der Waals surface area contributed by atoms with Gasteiger partial charge in [-0.25, -0.2) is 9.97 Å². The van der Waals surface area contributed by atoms with Crippen molar-refractivity contribution in [2.45, 2.75) is 13.0 Å². The standard InChI is InChI=1S/C10H10N4/c11-10-12-6-7-3-5-14-4-1-2-8(14)9(7)13-10/h1-2,4,6H,3,5H2,(H2,11,12,13). The van der Waals surface area contributed by atoms with Crippen molar-refractivity contribution < 1.29 is 0 Å². The van der Waals surface area contributed by atoms with Gasteiger partial charge >= 0.3 is 0 Å². The molecule has 2 N–H and O–H groups in total. The summed E-state index contributed by atoms with van der Waals surface area (Å²) in [7, 11) is 0. The molecule has 0 aliphatic carbocycles. The topological polar surface area (TPSA) is 56.7 Å². The number of nitrogen functional groups attached to an aromatic ring is 1. The van der Waals surface area contributed by atoms with Gasteiger partial charge in [-0.05, 0) is 18.6 Å². The highest BCUT2D eigenvalue weighted by Crippen LogP contribution is 2.27. The quantitative estimate of drug-likeness (QED) is 0.669. The predicted molar refractivity (Wildman–Crippen MR) is 53.6 cm³/mol. The molecule has 0 aromatic carbocycles. The van der Waals surface area contributed by atoms with E-state index in [1.165, 1.54) is 5.56 Å². The van der Waals surface area contributed by atoms with Gasteiger partial charge < -0.3 is 10.3 Å². The molecule has 0 saturated heterocycles. The van der Waals surface area contributed by atoms with Gasteiger partial charge in [-0.15, -0.1) is 0 Å². The van der Waals surface area contributed by atoms with Crippen molar-refractivity contribution in [1.82, 2.24) is 14.5 Å². The van der Waals surface area contributed by atoms with E-state index in [1.807, 2.05) is 12.3 Å². The lowest BCUT2D eigenvalue weighted by atomic mass is 10.1. The minimum atomic E-state index is 0.346. The monoisotopic (exact) mass is 186 g/mol. The molecular formula is C10H10N4. The maximum Gasteiger partial charge on any atom is 0.220 e. The molecular weight excluding hydrogens is 176 g/mol. The molecule has 1 aliphatic heterocycles. The van der Waals surface area contributed by atoms with Crippen molar-refractivity contribution in [2.75, 3.05) is 5.73 Å². The highest BCUT2D eigenvalue weighted by atomic mass is 15.0. The van der Waals surface area contributed by atoms with Crippen molar-refractivity contribution >= 4 is 5.95 Å². The Hall–Kier alpha value is -1.84. The molecule has 3 rings (SSSR count). The van der Waals surface area contributed by atoms with Crippen LogP contribution in [-0.4, -0.2) is 14.5 Å². The Labute approximate surface area is 81.4 Å². The minimum absolute atomic E-state index is 0.346. The summed E-state index contributed by atoms with van der Waals surface area (Å²) >= 11 is 0. The van der Waals surface area contributed by atoms with Gasteiger partial charge in [0.05, 0.1) is 11.4 Å². The number of aryl methyl sites for hydroxylation is 2. The zero-order valence-corrected chi connectivity index (χ0v) is 7.64. The first-order valence-corrected chi connectivity index (χ1v) is 4.61. The molecule has 14 heavy (non-hydrogen) atoms. The van der Waals surface area contributed by atoms with E-state index in [-0.39, 0.29) is 0 Å². The number of rotatable bonds is 0. The van der Waals surface area contributed by atoms with E-state index in [0.717, 1.165) is 24.4 Å². The normalized spacial score (nSPS) is 13.4. The largest absolute Gasteiger partial charge is 0.368 e. The van der Waals surface area contributed by atoms with E-state index < -0.39 is 0 Å². The third-order valence-electron chi connectivity index (χ3n) is 2.58. The van der Waals surface area contributed by atoms with Crippen LogP contribution < -0.4 is 5.73 Å². The van der Waals surface area contributed by atoms with Crippen LogP contribution in [0.1, 0.15) is 5.56 Å². The van der Waals surface area contributed by atoms with Crippen LogP contribution in [0.4, 0.5) is 5.95 Å². The van der Waals surface area contributed by atoms with E-state index in [4.69, 9.17) is 5.73 Å². The molecule has 0 spiro atoms. The Bertz CT molecular complexity index is 487. The van der Waals surface area contributed by atoms with Crippen molar-refractivity contribution in [2.24, 2.45) is 0 Å². The third-order valence-corrected chi connectivity index (χ3v) is 2.58. The van der Waals surface area contributed by atoms with Crippen LogP contribution in [0.25, 0.3) is 11.4 Å². The Kier molecular flexibility index (Phi) is 1.39. The first kappa shape index (κ1) is 7.55. The van der Waals surface area contributed by atoms with Crippen molar-refractivity contribution in [1.29, 1.82) is 0 Å². The summed E-state index contributed by atoms with van der Waals surface area (Å²) in [6.45, 7) is 1.00. The fourth-order valence-corrected chi connectivity index (χ4v) is 1.89. The molecule has 0 saturated carbocycles. The molecule has 0 bridgehead atoms. The number of nitrogens with two attached hydrogens (primary N) is 1. The second kappa shape index (κ2) is 2.57. The molecule has 3 heterocycles. The molecule has 0 amide bonds. The average molecular weight is 186 g/mol. The van der Waals surface area contributed by atoms with E-state index in [0.29, 0.717) is 5.95 Å². The molecule has 0 atom stereocenters. The highest BCUT2D eigenvalue weighted by molar-refractivity contribution is 5.62. The minimum Gasteiger partial charge on any atom is -0.368 e. The molecule has 1 aliphatic rings. The van der Waals surface area contributed by atoms with Crippen LogP contribution in [-0.2, 0) is 13.0 Å². The van der Waals surface area contributed by atoms with Gasteiger partial charge in [0, 0.05) is 24.5 Å². The maximum atomic E-state index is 5.58. The zero-order valence-electron chi connectivity index (χ0n) is 7.64. The molecule has 2 aromatic rings. The lowest BCUT2D eigenvalue weighted by Gasteiger charge is -2.17. The molecule has 0 fully saturated rings. The molecule has 4 heteroatoms. The van der Waals surface area contributed by atoms with Gasteiger partial charge in [0.25, 0.3) is 0 Å². The summed E-state index contributed by atoms with van der Waals surface area (Å²) in [6.07, 6.45) is 4.88. The van der Waals surface area contributed by atoms with E-state index in [2.05, 4.69) is 26.8 Å². The lowest BCUT2D eigenvalue weighted by Crippen LogP contribution is -2.12. The van der Waals surface area contributed by atoms with Crippen LogP contribution in [0.15, 0.2) is 24.5 Å². The predicted octanol–water partition coefficient (Wildman–Crippen LogP) is 1.08. The molecule has 4 nitrogen and oxygen atoms in total. The number of hydrogen-bond donors (Lipinski definition) is 1. The van der Waals surface area contributed by atoms with Gasteiger partial charge in [0.15, 0.2) is 0 Å². The summed E-state index contributed by atoms with van der Waals surface area (Å²) in [4.78, 5) is 8.28. The smallest absolute Gasteiger partial charge is 0.220 e. The number of aromatic nitrogens is 3. The average Bonchev–Trinajstić information content (AvgIpc) is 2.65. The van der Waals surface area contributed by atoms with Crippen LogP contribution in [0.2, 0.25) is 0 Å². The first-order chi connectivity index (χ1) is 6.84. The van der Waals surface area contributed by atoms with E-state index in [9.17, 15) is 0 Å². The third kappa shape index (κ3) is 0.937. The zero-order chi connectivity index (χ0) is 9.54. The van der Waals surface area contributed by atoms with E-state index in [1.54, 1.807) is 0 Å². The van der Waals surface area contributed by atoms with Gasteiger partial charge in [-0.2, -0.15) is 0 Å². The Morgan fingerprint density at radius 1 is 1.43 bits per heavy atom. The van der Waals surface area contributed by atoms with Crippen LogP contribution in [0.3, 0.4) is 0 Å². The van der Waals surface area contributed by atoms with Gasteiger partial charge in [0.2, 0.25) is 5.95 Å². The summed E-state index contributed by atoms with van der Waals surface area (Å²) in [5, 5.41) is 0. The van der Waals surface area contributed by atoms with Gasteiger partial charge in [0.1, 0.15) is 0 Å². The van der Waals surface area contributed by atoms with E-state index >= 15 is 0 Å². The summed E-state index contributed by atoms with van der Waals surface area (Å²) < 4.78 is 2.19. The summed E-state index contributed by atoms with van der Waals surface area (Å²) in [6, 6.07) is 4.09. The molecule has 0 unspecified atom stereocenters. The fourth-order valence-electron chi connectivity index (χ4n) is 1.89. The number of hydrogen-bond acceptors (Lipinski definition) is 3. The Balaban J connectivity index is 2.28. The number of anilines is 1. The summed E-state index contributed by atoms with van der Waals surface area (Å²) in [5.74, 6) is 0.346. The van der Waals surface area contributed by atoms with Crippen molar-refractivity contribution in [3.63, 3.8) is 0 Å². The van der Waals surface area contributed by atoms with Crippen LogP contribution >= 0.6 is 0 Å². The molecule has 70 valence electrons. The molecule has 2 aromatic heterocycles. The SMILES string of the molecule is Nc1ncc2c(n1)-c1cccn1CC2. The van der Waals surface area contributed by atoms with Crippen molar-refractivity contribution in [3.05, 3.63) is 30.1 Å². The lowest BCUT2D eigenvalue weighted by molar-refractivity contribution is 0.681. The van der Waals surface area contributed by atoms with Crippen molar-refractivity contribution in [3.8, 4) is 11.4 Å². The van der Waals surface area contributed by atoms with Crippen LogP contribution in [0.5, 0.6) is 0 Å². The molecule has 0 radical (unpaired) electrons. The Morgan fingerprint density at radius 2 is 2.36 bits per heavy atom. The highest BCUT2D eigenvalue weighted by Gasteiger charge is 2.16. The van der Waals surface area contributed by atoms with Gasteiger partial charge in [-0.3, -0.25) is 0 Å². The summed E-state index contributed by atoms with van der Waals surface area (Å²) in [5.41, 5.74) is 8.88. The number of nitrogens with zero attached hydrogens (tertiary/aromatic N) is 3. The maximum absolute atomic E-state index is 5.58. The Morgan fingerprint density at radius 3 is 3.29 bits per heavy atom. The second-order valence-electron chi connectivity index (χ2n) is 3.44. The van der Waals surface area contributed by atoms with Gasteiger partial charge in [-0.1, -0.05) is 0 Å². The number of fused-ring (bicyclic) bond motifs is 3.